The number of nitrogens with two attached hydrogens (primary N) is 1. The lowest BCUT2D eigenvalue weighted by Gasteiger charge is -2.21. The third-order valence-corrected chi connectivity index (χ3v) is 3.76. The van der Waals surface area contributed by atoms with E-state index < -0.39 is 0 Å². The molecule has 0 aliphatic carbocycles. The van der Waals surface area contributed by atoms with Crippen molar-refractivity contribution in [1.29, 1.82) is 0 Å². The number of aromatic amines is 1. The fraction of sp³-hybridized carbons (Fsp3) is 0.167. The molecular weight excluding hydrogens is 318 g/mol. The number of aliphatic hydroxyl groups excluding tert-OH is 1. The molecule has 7 nitrogen and oxygen atoms in total. The first-order chi connectivity index (χ1) is 12.2. The van der Waals surface area contributed by atoms with Gasteiger partial charge in [0.2, 0.25) is 5.95 Å². The van der Waals surface area contributed by atoms with Gasteiger partial charge in [-0.05, 0) is 17.7 Å². The summed E-state index contributed by atoms with van der Waals surface area (Å²) in [5, 5.41) is 9.29. The second kappa shape index (κ2) is 7.59. The zero-order valence-corrected chi connectivity index (χ0v) is 13.6. The Morgan fingerprint density at radius 3 is 2.76 bits per heavy atom. The number of carbonyl (C=O) groups is 1. The highest BCUT2D eigenvalue weighted by Crippen LogP contribution is 2.19. The van der Waals surface area contributed by atoms with Gasteiger partial charge in [-0.3, -0.25) is 4.79 Å². The Hall–Kier alpha value is -3.19. The van der Waals surface area contributed by atoms with Gasteiger partial charge >= 0.3 is 0 Å². The summed E-state index contributed by atoms with van der Waals surface area (Å²) in [5.74, 6) is -0.0104. The van der Waals surface area contributed by atoms with E-state index in [0.29, 0.717) is 17.9 Å². The normalized spacial score (nSPS) is 10.6. The van der Waals surface area contributed by atoms with Crippen LogP contribution in [-0.2, 0) is 6.54 Å². The van der Waals surface area contributed by atoms with Gasteiger partial charge in [-0.2, -0.15) is 0 Å². The van der Waals surface area contributed by atoms with E-state index in [4.69, 9.17) is 5.73 Å². The summed E-state index contributed by atoms with van der Waals surface area (Å²) in [5.41, 5.74) is 8.42. The summed E-state index contributed by atoms with van der Waals surface area (Å²) in [7, 11) is 0. The molecule has 1 aromatic carbocycles. The number of rotatable bonds is 6. The number of anilines is 1. The molecule has 4 N–H and O–H groups in total. The molecule has 7 heteroatoms. The number of benzene rings is 1. The molecule has 0 spiro atoms. The van der Waals surface area contributed by atoms with Crippen molar-refractivity contribution in [3.05, 3.63) is 66.1 Å². The molecule has 128 valence electrons. The summed E-state index contributed by atoms with van der Waals surface area (Å²) >= 11 is 0. The summed E-state index contributed by atoms with van der Waals surface area (Å²) < 4.78 is 0. The Labute approximate surface area is 145 Å². The second-order valence-corrected chi connectivity index (χ2v) is 5.54. The monoisotopic (exact) mass is 337 g/mol. The standard InChI is InChI=1S/C18H19N5O2/c19-18-20-7-6-15(22-18)14-10-16(21-11-14)17(25)23(8-9-24)12-13-4-2-1-3-5-13/h1-7,10-11,21,24H,8-9,12H2,(H2,19,20,22). The number of amides is 1. The van der Waals surface area contributed by atoms with Gasteiger partial charge in [0, 0.05) is 31.0 Å². The molecule has 2 heterocycles. The molecular formula is C18H19N5O2. The minimum Gasteiger partial charge on any atom is -0.395 e. The van der Waals surface area contributed by atoms with Crippen molar-refractivity contribution in [3.8, 4) is 11.3 Å². The van der Waals surface area contributed by atoms with Crippen LogP contribution in [0.4, 0.5) is 5.95 Å². The minimum atomic E-state index is -0.189. The maximum atomic E-state index is 12.8. The lowest BCUT2D eigenvalue weighted by Crippen LogP contribution is -2.33. The third-order valence-electron chi connectivity index (χ3n) is 3.76. The molecule has 25 heavy (non-hydrogen) atoms. The van der Waals surface area contributed by atoms with Crippen LogP contribution >= 0.6 is 0 Å². The zero-order valence-electron chi connectivity index (χ0n) is 13.6. The van der Waals surface area contributed by atoms with Gasteiger partial charge in [0.1, 0.15) is 5.69 Å². The molecule has 0 radical (unpaired) electrons. The van der Waals surface area contributed by atoms with Crippen LogP contribution in [0.2, 0.25) is 0 Å². The molecule has 0 saturated carbocycles. The van der Waals surface area contributed by atoms with Gasteiger partial charge < -0.3 is 20.7 Å². The smallest absolute Gasteiger partial charge is 0.270 e. The number of hydrogen-bond acceptors (Lipinski definition) is 5. The molecule has 0 bridgehead atoms. The van der Waals surface area contributed by atoms with E-state index in [1.165, 1.54) is 0 Å². The number of aliphatic hydroxyl groups is 1. The van der Waals surface area contributed by atoms with Gasteiger partial charge in [-0.1, -0.05) is 30.3 Å². The van der Waals surface area contributed by atoms with Crippen LogP contribution in [0.15, 0.2) is 54.9 Å². The molecule has 3 rings (SSSR count). The number of nitrogens with zero attached hydrogens (tertiary/aromatic N) is 3. The number of aromatic nitrogens is 3. The van der Waals surface area contributed by atoms with Crippen molar-refractivity contribution < 1.29 is 9.90 Å². The van der Waals surface area contributed by atoms with E-state index >= 15 is 0 Å². The van der Waals surface area contributed by atoms with Gasteiger partial charge in [0.15, 0.2) is 0 Å². The van der Waals surface area contributed by atoms with Crippen molar-refractivity contribution in [2.75, 3.05) is 18.9 Å². The number of carbonyl (C=O) groups excluding carboxylic acids is 1. The molecule has 0 aliphatic heterocycles. The van der Waals surface area contributed by atoms with Crippen molar-refractivity contribution in [3.63, 3.8) is 0 Å². The van der Waals surface area contributed by atoms with E-state index in [1.807, 2.05) is 30.3 Å². The highest BCUT2D eigenvalue weighted by molar-refractivity contribution is 5.93. The van der Waals surface area contributed by atoms with Gasteiger partial charge in [-0.25, -0.2) is 9.97 Å². The first-order valence-corrected chi connectivity index (χ1v) is 7.89. The molecule has 0 fully saturated rings. The average Bonchev–Trinajstić information content (AvgIpc) is 3.12. The lowest BCUT2D eigenvalue weighted by atomic mass is 10.2. The maximum absolute atomic E-state index is 12.8. The molecule has 3 aromatic rings. The molecule has 0 aliphatic rings. The molecule has 0 atom stereocenters. The van der Waals surface area contributed by atoms with Gasteiger partial charge in [-0.15, -0.1) is 0 Å². The second-order valence-electron chi connectivity index (χ2n) is 5.54. The Morgan fingerprint density at radius 2 is 2.04 bits per heavy atom. The van der Waals surface area contributed by atoms with Crippen molar-refractivity contribution >= 4 is 11.9 Å². The van der Waals surface area contributed by atoms with Crippen LogP contribution in [0.5, 0.6) is 0 Å². The van der Waals surface area contributed by atoms with Crippen molar-refractivity contribution in [2.45, 2.75) is 6.54 Å². The largest absolute Gasteiger partial charge is 0.395 e. The Kier molecular flexibility index (Phi) is 5.06. The minimum absolute atomic E-state index is 0.103. The first kappa shape index (κ1) is 16.7. The van der Waals surface area contributed by atoms with E-state index in [1.54, 1.807) is 29.4 Å². The third kappa shape index (κ3) is 4.02. The van der Waals surface area contributed by atoms with E-state index in [-0.39, 0.29) is 25.0 Å². The van der Waals surface area contributed by atoms with E-state index in [0.717, 1.165) is 11.1 Å². The summed E-state index contributed by atoms with van der Waals surface area (Å²) in [6.45, 7) is 0.576. The molecule has 0 unspecified atom stereocenters. The number of nitrogens with one attached hydrogen (secondary N) is 1. The van der Waals surface area contributed by atoms with Crippen LogP contribution < -0.4 is 5.73 Å². The zero-order chi connectivity index (χ0) is 17.6. The van der Waals surface area contributed by atoms with Gasteiger partial charge in [0.05, 0.1) is 12.3 Å². The maximum Gasteiger partial charge on any atom is 0.270 e. The fourth-order valence-electron chi connectivity index (χ4n) is 2.55. The molecule has 2 aromatic heterocycles. The quantitative estimate of drug-likeness (QED) is 0.634. The number of nitrogen functional groups attached to an aromatic ring is 1. The molecule has 1 amide bonds. The predicted octanol–water partition coefficient (Wildman–Crippen LogP) is 1.69. The average molecular weight is 337 g/mol. The Morgan fingerprint density at radius 1 is 1.24 bits per heavy atom. The fourth-order valence-corrected chi connectivity index (χ4v) is 2.55. The number of hydrogen-bond donors (Lipinski definition) is 3. The van der Waals surface area contributed by atoms with Crippen LogP contribution in [-0.4, -0.2) is 44.0 Å². The lowest BCUT2D eigenvalue weighted by molar-refractivity contribution is 0.0702. The topological polar surface area (TPSA) is 108 Å². The number of H-pyrrole nitrogens is 1. The highest BCUT2D eigenvalue weighted by atomic mass is 16.3. The van der Waals surface area contributed by atoms with Crippen LogP contribution in [0.25, 0.3) is 11.3 Å². The molecule has 0 saturated heterocycles. The van der Waals surface area contributed by atoms with Crippen LogP contribution in [0.1, 0.15) is 16.1 Å². The Bertz CT molecular complexity index is 847. The van der Waals surface area contributed by atoms with Crippen LogP contribution in [0.3, 0.4) is 0 Å². The van der Waals surface area contributed by atoms with Crippen LogP contribution in [0, 0.1) is 0 Å². The summed E-state index contributed by atoms with van der Waals surface area (Å²) in [4.78, 5) is 25.4. The van der Waals surface area contributed by atoms with Gasteiger partial charge in [0.25, 0.3) is 5.91 Å². The first-order valence-electron chi connectivity index (χ1n) is 7.89. The predicted molar refractivity (Wildman–Crippen MR) is 94.5 cm³/mol. The highest BCUT2D eigenvalue weighted by Gasteiger charge is 2.18. The van der Waals surface area contributed by atoms with Crippen molar-refractivity contribution in [2.24, 2.45) is 0 Å². The van der Waals surface area contributed by atoms with E-state index in [2.05, 4.69) is 15.0 Å². The Balaban J connectivity index is 1.80. The van der Waals surface area contributed by atoms with Crippen molar-refractivity contribution in [1.82, 2.24) is 19.9 Å². The van der Waals surface area contributed by atoms with E-state index in [9.17, 15) is 9.90 Å². The summed E-state index contributed by atoms with van der Waals surface area (Å²) in [6.07, 6.45) is 3.27. The SMILES string of the molecule is Nc1nccc(-c2c[nH]c(C(=O)N(CCO)Cc3ccccc3)c2)n1. The summed E-state index contributed by atoms with van der Waals surface area (Å²) in [6, 6.07) is 13.1.